The quantitative estimate of drug-likeness (QED) is 0.840. The fraction of sp³-hybridized carbons (Fsp3) is 0.294. The summed E-state index contributed by atoms with van der Waals surface area (Å²) in [6.45, 7) is 2.28. The molecule has 2 nitrogen and oxygen atoms in total. The molecule has 2 aromatic carbocycles. The molecule has 0 aromatic heterocycles. The van der Waals surface area contributed by atoms with Crippen molar-refractivity contribution in [1.82, 2.24) is 5.32 Å². The molecule has 0 fully saturated rings. The SMILES string of the molecule is COc1ccc2c(c1)[C@@]1(C)N[C@@H](C2)c2ccccc21. The van der Waals surface area contributed by atoms with E-state index in [1.165, 1.54) is 22.3 Å². The molecule has 2 aliphatic heterocycles. The van der Waals surface area contributed by atoms with E-state index in [0.29, 0.717) is 6.04 Å². The van der Waals surface area contributed by atoms with Crippen LogP contribution in [0.2, 0.25) is 0 Å². The average Bonchev–Trinajstić information content (AvgIpc) is 2.69. The Morgan fingerprint density at radius 1 is 1.16 bits per heavy atom. The fourth-order valence-corrected chi connectivity index (χ4v) is 3.69. The topological polar surface area (TPSA) is 21.3 Å². The van der Waals surface area contributed by atoms with Gasteiger partial charge in [0.15, 0.2) is 0 Å². The molecule has 0 unspecified atom stereocenters. The predicted molar refractivity (Wildman–Crippen MR) is 75.5 cm³/mol. The van der Waals surface area contributed by atoms with Crippen LogP contribution < -0.4 is 10.1 Å². The normalized spacial score (nSPS) is 26.7. The lowest BCUT2D eigenvalue weighted by Crippen LogP contribution is -2.41. The highest BCUT2D eigenvalue weighted by Crippen LogP contribution is 2.48. The summed E-state index contributed by atoms with van der Waals surface area (Å²) in [4.78, 5) is 0. The van der Waals surface area contributed by atoms with Crippen molar-refractivity contribution in [2.75, 3.05) is 7.11 Å². The molecule has 1 N–H and O–H groups in total. The molecule has 0 aliphatic carbocycles. The van der Waals surface area contributed by atoms with Gasteiger partial charge in [-0.05, 0) is 47.7 Å². The summed E-state index contributed by atoms with van der Waals surface area (Å²) in [6, 6.07) is 15.7. The van der Waals surface area contributed by atoms with Gasteiger partial charge in [0.25, 0.3) is 0 Å². The van der Waals surface area contributed by atoms with Crippen molar-refractivity contribution in [1.29, 1.82) is 0 Å². The Morgan fingerprint density at radius 2 is 2.00 bits per heavy atom. The van der Waals surface area contributed by atoms with E-state index < -0.39 is 0 Å². The Labute approximate surface area is 113 Å². The Balaban J connectivity index is 1.98. The second-order valence-electron chi connectivity index (χ2n) is 5.64. The van der Waals surface area contributed by atoms with Crippen LogP contribution in [0.3, 0.4) is 0 Å². The van der Waals surface area contributed by atoms with Crippen LogP contribution in [0.25, 0.3) is 0 Å². The molecule has 0 radical (unpaired) electrons. The van der Waals surface area contributed by atoms with Gasteiger partial charge < -0.3 is 4.74 Å². The van der Waals surface area contributed by atoms with Crippen molar-refractivity contribution < 1.29 is 4.74 Å². The number of fused-ring (bicyclic) bond motifs is 7. The van der Waals surface area contributed by atoms with Gasteiger partial charge in [-0.15, -0.1) is 0 Å². The van der Waals surface area contributed by atoms with Gasteiger partial charge in [-0.25, -0.2) is 0 Å². The van der Waals surface area contributed by atoms with Gasteiger partial charge in [0, 0.05) is 6.04 Å². The van der Waals surface area contributed by atoms with Crippen LogP contribution in [0, 0.1) is 0 Å². The summed E-state index contributed by atoms with van der Waals surface area (Å²) in [5.41, 5.74) is 5.56. The van der Waals surface area contributed by atoms with Crippen molar-refractivity contribution in [3.63, 3.8) is 0 Å². The van der Waals surface area contributed by atoms with Crippen LogP contribution in [0.5, 0.6) is 5.75 Å². The van der Waals surface area contributed by atoms with E-state index in [0.717, 1.165) is 12.2 Å². The first-order valence-corrected chi connectivity index (χ1v) is 6.77. The molecule has 4 rings (SSSR count). The van der Waals surface area contributed by atoms with Crippen molar-refractivity contribution in [2.45, 2.75) is 24.9 Å². The van der Waals surface area contributed by atoms with E-state index in [1.807, 2.05) is 0 Å². The molecule has 2 bridgehead atoms. The third-order valence-electron chi connectivity index (χ3n) is 4.62. The Kier molecular flexibility index (Phi) is 2.10. The highest BCUT2D eigenvalue weighted by atomic mass is 16.5. The Bertz CT molecular complexity index is 664. The van der Waals surface area contributed by atoms with Gasteiger partial charge in [-0.2, -0.15) is 0 Å². The van der Waals surface area contributed by atoms with E-state index in [9.17, 15) is 0 Å². The van der Waals surface area contributed by atoms with Gasteiger partial charge in [0.2, 0.25) is 0 Å². The molecule has 0 spiro atoms. The zero-order valence-electron chi connectivity index (χ0n) is 11.2. The lowest BCUT2D eigenvalue weighted by molar-refractivity contribution is 0.379. The molecule has 0 saturated carbocycles. The maximum absolute atomic E-state index is 5.39. The number of benzene rings is 2. The first-order chi connectivity index (χ1) is 9.22. The fourth-order valence-electron chi connectivity index (χ4n) is 3.69. The maximum Gasteiger partial charge on any atom is 0.119 e. The number of rotatable bonds is 1. The lowest BCUT2D eigenvalue weighted by Gasteiger charge is -2.34. The number of hydrogen-bond donors (Lipinski definition) is 1. The third kappa shape index (κ3) is 1.35. The van der Waals surface area contributed by atoms with Gasteiger partial charge in [-0.3, -0.25) is 5.32 Å². The highest BCUT2D eigenvalue weighted by Gasteiger charge is 2.45. The summed E-state index contributed by atoms with van der Waals surface area (Å²) in [7, 11) is 1.73. The van der Waals surface area contributed by atoms with Crippen LogP contribution in [0.1, 0.15) is 35.2 Å². The molecule has 19 heavy (non-hydrogen) atoms. The zero-order chi connectivity index (χ0) is 13.0. The number of methoxy groups -OCH3 is 1. The molecule has 0 saturated heterocycles. The summed E-state index contributed by atoms with van der Waals surface area (Å²) < 4.78 is 5.39. The maximum atomic E-state index is 5.39. The van der Waals surface area contributed by atoms with E-state index in [2.05, 4.69) is 54.7 Å². The highest BCUT2D eigenvalue weighted by molar-refractivity contribution is 5.55. The lowest BCUT2D eigenvalue weighted by atomic mass is 9.82. The van der Waals surface area contributed by atoms with Gasteiger partial charge in [0.1, 0.15) is 5.75 Å². The molecule has 2 heterocycles. The summed E-state index contributed by atoms with van der Waals surface area (Å²) in [6.07, 6.45) is 1.06. The van der Waals surface area contributed by atoms with Gasteiger partial charge >= 0.3 is 0 Å². The van der Waals surface area contributed by atoms with Crippen LogP contribution in [0.4, 0.5) is 0 Å². The van der Waals surface area contributed by atoms with Crippen LogP contribution >= 0.6 is 0 Å². The first kappa shape index (κ1) is 11.1. The largest absolute Gasteiger partial charge is 0.497 e. The number of ether oxygens (including phenoxy) is 1. The first-order valence-electron chi connectivity index (χ1n) is 6.77. The van der Waals surface area contributed by atoms with E-state index in [4.69, 9.17) is 4.74 Å². The van der Waals surface area contributed by atoms with Crippen LogP contribution in [-0.2, 0) is 12.0 Å². The molecule has 2 aliphatic rings. The van der Waals surface area contributed by atoms with Crippen molar-refractivity contribution in [3.8, 4) is 5.75 Å². The summed E-state index contributed by atoms with van der Waals surface area (Å²) >= 11 is 0. The van der Waals surface area contributed by atoms with Crippen molar-refractivity contribution >= 4 is 0 Å². The van der Waals surface area contributed by atoms with Gasteiger partial charge in [0.05, 0.1) is 12.6 Å². The molecule has 96 valence electrons. The molecule has 0 amide bonds. The second kappa shape index (κ2) is 3.61. The smallest absolute Gasteiger partial charge is 0.119 e. The average molecular weight is 251 g/mol. The van der Waals surface area contributed by atoms with E-state index >= 15 is 0 Å². The van der Waals surface area contributed by atoms with Crippen LogP contribution in [0.15, 0.2) is 42.5 Å². The van der Waals surface area contributed by atoms with Crippen LogP contribution in [-0.4, -0.2) is 7.11 Å². The Hall–Kier alpha value is -1.80. The predicted octanol–water partition coefficient (Wildman–Crippen LogP) is 3.16. The molecule has 2 atom stereocenters. The minimum Gasteiger partial charge on any atom is -0.497 e. The Morgan fingerprint density at radius 3 is 2.84 bits per heavy atom. The molecule has 2 heteroatoms. The molecular weight excluding hydrogens is 234 g/mol. The summed E-state index contributed by atoms with van der Waals surface area (Å²) in [5.74, 6) is 0.935. The van der Waals surface area contributed by atoms with E-state index in [-0.39, 0.29) is 5.54 Å². The summed E-state index contributed by atoms with van der Waals surface area (Å²) in [5, 5.41) is 3.78. The van der Waals surface area contributed by atoms with E-state index in [1.54, 1.807) is 7.11 Å². The minimum atomic E-state index is -0.0800. The monoisotopic (exact) mass is 251 g/mol. The van der Waals surface area contributed by atoms with Crippen molar-refractivity contribution in [2.24, 2.45) is 0 Å². The third-order valence-corrected chi connectivity index (χ3v) is 4.62. The van der Waals surface area contributed by atoms with Crippen molar-refractivity contribution in [3.05, 3.63) is 64.7 Å². The number of nitrogens with one attached hydrogen (secondary N) is 1. The molecule has 2 aromatic rings. The number of hydrogen-bond acceptors (Lipinski definition) is 2. The minimum absolute atomic E-state index is 0.0800. The standard InChI is InChI=1S/C17H17NO/c1-17-14-6-4-3-5-13(14)16(18-17)9-11-7-8-12(19-2)10-15(11)17/h3-8,10,16,18H,9H2,1-2H3/t16-,17-/m0/s1. The van der Waals surface area contributed by atoms with Gasteiger partial charge in [-0.1, -0.05) is 30.3 Å². The zero-order valence-corrected chi connectivity index (χ0v) is 11.2. The second-order valence-corrected chi connectivity index (χ2v) is 5.64. The molecular formula is C17H17NO.